The second kappa shape index (κ2) is 9.76. The van der Waals surface area contributed by atoms with Gasteiger partial charge < -0.3 is 15.0 Å². The van der Waals surface area contributed by atoms with Crippen LogP contribution in [0, 0.1) is 23.1 Å². The maximum Gasteiger partial charge on any atom is 0.410 e. The quantitative estimate of drug-likeness (QED) is 0.460. The van der Waals surface area contributed by atoms with Gasteiger partial charge in [-0.05, 0) is 51.8 Å². The molecule has 0 atom stereocenters. The zero-order valence-electron chi connectivity index (χ0n) is 21.3. The van der Waals surface area contributed by atoms with Crippen LogP contribution in [0.1, 0.15) is 61.3 Å². The molecule has 2 fully saturated rings. The molecule has 3 heterocycles. The molecule has 10 heteroatoms. The van der Waals surface area contributed by atoms with Gasteiger partial charge in [0, 0.05) is 35.8 Å². The Morgan fingerprint density at radius 1 is 1.13 bits per heavy atom. The van der Waals surface area contributed by atoms with E-state index < -0.39 is 17.3 Å². The number of aromatic nitrogens is 3. The topological polar surface area (TPSA) is 89.4 Å². The number of ether oxygens (including phenoxy) is 1. The number of amides is 2. The lowest BCUT2D eigenvalue weighted by Crippen LogP contribution is -2.64. The van der Waals surface area contributed by atoms with Gasteiger partial charge in [-0.25, -0.2) is 14.2 Å². The van der Waals surface area contributed by atoms with Crippen LogP contribution in [0.5, 0.6) is 0 Å². The number of hydrogen-bond donors (Lipinski definition) is 1. The molecule has 1 saturated carbocycles. The van der Waals surface area contributed by atoms with Gasteiger partial charge in [-0.3, -0.25) is 9.48 Å². The van der Waals surface area contributed by atoms with E-state index in [2.05, 4.69) is 27.2 Å². The number of likely N-dealkylation sites (tertiary alicyclic amines) is 1. The highest BCUT2D eigenvalue weighted by atomic mass is 35.5. The van der Waals surface area contributed by atoms with Crippen LogP contribution in [0.25, 0.3) is 0 Å². The van der Waals surface area contributed by atoms with E-state index in [0.29, 0.717) is 18.7 Å². The summed E-state index contributed by atoms with van der Waals surface area (Å²) in [4.78, 5) is 31.1. The molecule has 1 aliphatic carbocycles. The van der Waals surface area contributed by atoms with Crippen LogP contribution in [0.15, 0.2) is 48.8 Å². The summed E-state index contributed by atoms with van der Waals surface area (Å²) in [6, 6.07) is 10.5. The summed E-state index contributed by atoms with van der Waals surface area (Å²) in [6.45, 7) is 6.71. The zero-order valence-corrected chi connectivity index (χ0v) is 22.1. The lowest BCUT2D eigenvalue weighted by molar-refractivity contribution is -0.0929. The Balaban J connectivity index is 1.22. The zero-order chi connectivity index (χ0) is 27.1. The molecule has 0 unspecified atom stereocenters. The van der Waals surface area contributed by atoms with Gasteiger partial charge >= 0.3 is 6.09 Å². The number of rotatable bonds is 3. The van der Waals surface area contributed by atoms with E-state index in [1.165, 1.54) is 18.5 Å². The average Bonchev–Trinajstić information content (AvgIpc) is 3.18. The van der Waals surface area contributed by atoms with Crippen LogP contribution in [0.3, 0.4) is 0 Å². The standard InChI is InChI=1S/C28H27ClFN5O3/c1-27(2,3)38-26(37)34-16-28(17-34)12-20(13-28)35-23(21(29)15-32-35)25(36)33-24-22(30)11-19(14-31-24)10-9-18-7-5-4-6-8-18/h4-8,11,14-15,20H,12-13,16-17H2,1-3H3,(H,31,33,36). The summed E-state index contributed by atoms with van der Waals surface area (Å²) in [7, 11) is 0. The maximum atomic E-state index is 14.7. The predicted octanol–water partition coefficient (Wildman–Crippen LogP) is 5.29. The summed E-state index contributed by atoms with van der Waals surface area (Å²) < 4.78 is 21.7. The highest BCUT2D eigenvalue weighted by Crippen LogP contribution is 2.54. The first-order chi connectivity index (χ1) is 18.0. The van der Waals surface area contributed by atoms with Crippen LogP contribution in [0.2, 0.25) is 5.02 Å². The van der Waals surface area contributed by atoms with Crippen LogP contribution >= 0.6 is 11.6 Å². The van der Waals surface area contributed by atoms with Gasteiger partial charge in [0.05, 0.1) is 17.3 Å². The molecule has 2 aliphatic rings. The van der Waals surface area contributed by atoms with Gasteiger partial charge in [0.25, 0.3) is 5.91 Å². The van der Waals surface area contributed by atoms with Crippen molar-refractivity contribution in [3.8, 4) is 11.8 Å². The molecule has 1 aliphatic heterocycles. The molecule has 1 saturated heterocycles. The van der Waals surface area contributed by atoms with Crippen molar-refractivity contribution in [2.45, 2.75) is 45.3 Å². The van der Waals surface area contributed by atoms with Crippen molar-refractivity contribution in [3.05, 3.63) is 76.5 Å². The molecule has 38 heavy (non-hydrogen) atoms. The fourth-order valence-electron chi connectivity index (χ4n) is 4.85. The Labute approximate surface area is 225 Å². The summed E-state index contributed by atoms with van der Waals surface area (Å²) in [6.07, 6.45) is 3.97. The van der Waals surface area contributed by atoms with Crippen molar-refractivity contribution in [2.75, 3.05) is 18.4 Å². The Hall–Kier alpha value is -3.90. The highest BCUT2D eigenvalue weighted by Gasteiger charge is 2.55. The molecule has 2 aromatic heterocycles. The lowest BCUT2D eigenvalue weighted by atomic mass is 9.61. The Morgan fingerprint density at radius 3 is 2.47 bits per heavy atom. The molecule has 5 rings (SSSR count). The van der Waals surface area contributed by atoms with Crippen LogP contribution in [-0.4, -0.2) is 50.4 Å². The van der Waals surface area contributed by atoms with Crippen molar-refractivity contribution in [1.82, 2.24) is 19.7 Å². The van der Waals surface area contributed by atoms with Crippen molar-refractivity contribution >= 4 is 29.4 Å². The number of pyridine rings is 1. The third-order valence-corrected chi connectivity index (χ3v) is 6.83. The normalized spacial score (nSPS) is 16.2. The molecule has 8 nitrogen and oxygen atoms in total. The van der Waals surface area contributed by atoms with Gasteiger partial charge in [0.2, 0.25) is 0 Å². The van der Waals surface area contributed by atoms with Crippen LogP contribution < -0.4 is 5.32 Å². The van der Waals surface area contributed by atoms with Crippen molar-refractivity contribution in [2.24, 2.45) is 5.41 Å². The van der Waals surface area contributed by atoms with Crippen molar-refractivity contribution in [1.29, 1.82) is 0 Å². The van der Waals surface area contributed by atoms with E-state index in [-0.39, 0.29) is 34.1 Å². The van der Waals surface area contributed by atoms with Gasteiger partial charge in [-0.1, -0.05) is 41.6 Å². The number of anilines is 1. The molecule has 2 amide bonds. The number of nitrogens with one attached hydrogen (secondary N) is 1. The minimum atomic E-state index is -0.709. The first-order valence-electron chi connectivity index (χ1n) is 12.3. The average molecular weight is 536 g/mol. The number of halogens is 2. The smallest absolute Gasteiger partial charge is 0.410 e. The van der Waals surface area contributed by atoms with E-state index in [0.717, 1.165) is 18.4 Å². The van der Waals surface area contributed by atoms with Gasteiger partial charge in [-0.2, -0.15) is 5.10 Å². The van der Waals surface area contributed by atoms with E-state index in [9.17, 15) is 14.0 Å². The minimum Gasteiger partial charge on any atom is -0.444 e. The Bertz CT molecular complexity index is 1440. The second-order valence-corrected chi connectivity index (χ2v) is 11.2. The van der Waals surface area contributed by atoms with E-state index in [1.807, 2.05) is 51.1 Å². The summed E-state index contributed by atoms with van der Waals surface area (Å²) in [5.74, 6) is 4.27. The number of carbonyl (C=O) groups is 2. The maximum absolute atomic E-state index is 14.7. The molecular formula is C28H27ClFN5O3. The van der Waals surface area contributed by atoms with E-state index >= 15 is 0 Å². The van der Waals surface area contributed by atoms with Gasteiger partial charge in [-0.15, -0.1) is 0 Å². The molecule has 1 spiro atoms. The largest absolute Gasteiger partial charge is 0.444 e. The van der Waals surface area contributed by atoms with Crippen LogP contribution in [-0.2, 0) is 4.74 Å². The van der Waals surface area contributed by atoms with Crippen molar-refractivity contribution in [3.63, 3.8) is 0 Å². The molecular weight excluding hydrogens is 509 g/mol. The Kier molecular flexibility index (Phi) is 6.61. The first-order valence-corrected chi connectivity index (χ1v) is 12.6. The number of nitrogens with zero attached hydrogens (tertiary/aromatic N) is 4. The third-order valence-electron chi connectivity index (χ3n) is 6.55. The Morgan fingerprint density at radius 2 is 1.82 bits per heavy atom. The molecule has 0 bridgehead atoms. The first kappa shape index (κ1) is 25.7. The minimum absolute atomic E-state index is 0.0158. The van der Waals surface area contributed by atoms with E-state index in [1.54, 1.807) is 9.58 Å². The van der Waals surface area contributed by atoms with Gasteiger partial charge in [0.15, 0.2) is 11.6 Å². The fraction of sp³-hybridized carbons (Fsp3) is 0.357. The fourth-order valence-corrected chi connectivity index (χ4v) is 5.07. The summed E-state index contributed by atoms with van der Waals surface area (Å²) in [5, 5.41) is 6.97. The number of hydrogen-bond acceptors (Lipinski definition) is 5. The van der Waals surface area contributed by atoms with Crippen molar-refractivity contribution < 1.29 is 18.7 Å². The van der Waals surface area contributed by atoms with E-state index in [4.69, 9.17) is 16.3 Å². The third kappa shape index (κ3) is 5.36. The monoisotopic (exact) mass is 535 g/mol. The number of carbonyl (C=O) groups excluding carboxylic acids is 2. The molecule has 3 aromatic rings. The highest BCUT2D eigenvalue weighted by molar-refractivity contribution is 6.34. The van der Waals surface area contributed by atoms with Gasteiger partial charge in [0.1, 0.15) is 11.3 Å². The summed E-state index contributed by atoms with van der Waals surface area (Å²) >= 11 is 6.29. The number of benzene rings is 1. The molecule has 1 N–H and O–H groups in total. The summed E-state index contributed by atoms with van der Waals surface area (Å²) in [5.41, 5.74) is 0.765. The SMILES string of the molecule is CC(C)(C)OC(=O)N1CC2(CC(n3ncc(Cl)c3C(=O)Nc3ncc(C#Cc4ccccc4)cc3F)C2)C1. The molecule has 0 radical (unpaired) electrons. The van der Waals surface area contributed by atoms with Crippen LogP contribution in [0.4, 0.5) is 15.0 Å². The predicted molar refractivity (Wildman–Crippen MR) is 140 cm³/mol. The lowest BCUT2D eigenvalue weighted by Gasteiger charge is -2.58. The molecule has 1 aromatic carbocycles. The molecule has 196 valence electrons. The second-order valence-electron chi connectivity index (χ2n) is 10.8.